The minimum atomic E-state index is -0.648. The van der Waals surface area contributed by atoms with Crippen LogP contribution in [0.25, 0.3) is 0 Å². The van der Waals surface area contributed by atoms with Crippen LogP contribution in [0.3, 0.4) is 0 Å². The van der Waals surface area contributed by atoms with Gasteiger partial charge in [-0.25, -0.2) is 0 Å². The molecule has 0 fully saturated rings. The van der Waals surface area contributed by atoms with E-state index in [4.69, 9.17) is 16.3 Å². The summed E-state index contributed by atoms with van der Waals surface area (Å²) in [5.41, 5.74) is 3.47. The van der Waals surface area contributed by atoms with Gasteiger partial charge in [0.15, 0.2) is 6.61 Å². The Morgan fingerprint density at radius 3 is 2.13 bits per heavy atom. The van der Waals surface area contributed by atoms with Crippen molar-refractivity contribution in [1.29, 1.82) is 0 Å². The zero-order valence-corrected chi connectivity index (χ0v) is 20.3. The van der Waals surface area contributed by atoms with E-state index in [1.807, 2.05) is 77.9 Å². The van der Waals surface area contributed by atoms with Crippen LogP contribution >= 0.6 is 11.6 Å². The molecule has 0 aromatic heterocycles. The summed E-state index contributed by atoms with van der Waals surface area (Å²) >= 11 is 6.22. The van der Waals surface area contributed by atoms with E-state index in [1.165, 1.54) is 0 Å². The fourth-order valence-electron chi connectivity index (χ4n) is 3.16. The summed E-state index contributed by atoms with van der Waals surface area (Å²) in [6.45, 7) is 13.4. The average molecular weight is 445 g/mol. The maximum absolute atomic E-state index is 13.1. The van der Waals surface area contributed by atoms with Gasteiger partial charge in [-0.2, -0.15) is 0 Å². The highest BCUT2D eigenvalue weighted by molar-refractivity contribution is 6.32. The van der Waals surface area contributed by atoms with E-state index in [0.29, 0.717) is 17.3 Å². The Labute approximate surface area is 190 Å². The first-order valence-electron chi connectivity index (χ1n) is 10.4. The molecule has 0 radical (unpaired) electrons. The van der Waals surface area contributed by atoms with Gasteiger partial charge in [-0.15, -0.1) is 0 Å². The quantitative estimate of drug-likeness (QED) is 0.655. The smallest absolute Gasteiger partial charge is 0.261 e. The van der Waals surface area contributed by atoms with Crippen molar-refractivity contribution in [1.82, 2.24) is 10.2 Å². The van der Waals surface area contributed by atoms with Gasteiger partial charge in [0.25, 0.3) is 5.91 Å². The zero-order chi connectivity index (χ0) is 23.3. The molecule has 0 spiro atoms. The molecule has 5 nitrogen and oxygen atoms in total. The van der Waals surface area contributed by atoms with Crippen LogP contribution in [0.2, 0.25) is 5.02 Å². The summed E-state index contributed by atoms with van der Waals surface area (Å²) < 4.78 is 5.77. The molecule has 0 saturated heterocycles. The Kier molecular flexibility index (Phi) is 8.13. The third kappa shape index (κ3) is 7.28. The van der Waals surface area contributed by atoms with Crippen LogP contribution in [-0.2, 0) is 16.1 Å². The van der Waals surface area contributed by atoms with Crippen molar-refractivity contribution in [3.8, 4) is 5.75 Å². The first kappa shape index (κ1) is 24.7. The van der Waals surface area contributed by atoms with E-state index in [-0.39, 0.29) is 18.4 Å². The van der Waals surface area contributed by atoms with Crippen LogP contribution in [0.1, 0.15) is 49.9 Å². The summed E-state index contributed by atoms with van der Waals surface area (Å²) in [7, 11) is 0. The lowest BCUT2D eigenvalue weighted by Crippen LogP contribution is -2.53. The van der Waals surface area contributed by atoms with Crippen LogP contribution in [-0.4, -0.2) is 34.9 Å². The number of carbonyl (C=O) groups is 2. The monoisotopic (exact) mass is 444 g/mol. The van der Waals surface area contributed by atoms with Gasteiger partial charge in [0, 0.05) is 17.1 Å². The van der Waals surface area contributed by atoms with Crippen LogP contribution < -0.4 is 10.1 Å². The standard InChI is InChI=1S/C25H33ClN2O3/c1-16-8-10-20(11-9-16)14-28(19(4)24(30)27-25(5,6)7)22(29)15-31-21-12-17(2)23(26)18(3)13-21/h8-13,19H,14-15H2,1-7H3,(H,27,30). The predicted octanol–water partition coefficient (Wildman–Crippen LogP) is 4.98. The molecule has 0 bridgehead atoms. The normalized spacial score (nSPS) is 12.3. The molecule has 168 valence electrons. The number of rotatable bonds is 7. The molecule has 0 heterocycles. The highest BCUT2D eigenvalue weighted by atomic mass is 35.5. The van der Waals surface area contributed by atoms with Crippen LogP contribution in [0, 0.1) is 20.8 Å². The van der Waals surface area contributed by atoms with Crippen molar-refractivity contribution in [3.05, 3.63) is 63.7 Å². The second-order valence-corrected chi connectivity index (χ2v) is 9.46. The van der Waals surface area contributed by atoms with E-state index in [1.54, 1.807) is 11.8 Å². The Balaban J connectivity index is 2.20. The Morgan fingerprint density at radius 1 is 1.06 bits per heavy atom. The number of halogens is 1. The lowest BCUT2D eigenvalue weighted by atomic mass is 10.1. The molecule has 1 N–H and O–H groups in total. The number of hydrogen-bond donors (Lipinski definition) is 1. The van der Waals surface area contributed by atoms with E-state index >= 15 is 0 Å². The molecule has 0 aliphatic carbocycles. The first-order chi connectivity index (χ1) is 14.4. The van der Waals surface area contributed by atoms with Crippen LogP contribution in [0.15, 0.2) is 36.4 Å². The first-order valence-corrected chi connectivity index (χ1v) is 10.8. The minimum Gasteiger partial charge on any atom is -0.484 e. The third-order valence-corrected chi connectivity index (χ3v) is 5.51. The number of amides is 2. The molecule has 2 amide bonds. The summed E-state index contributed by atoms with van der Waals surface area (Å²) in [5.74, 6) is 0.114. The number of hydrogen-bond acceptors (Lipinski definition) is 3. The second kappa shape index (κ2) is 10.2. The molecular formula is C25H33ClN2O3. The highest BCUT2D eigenvalue weighted by Gasteiger charge is 2.28. The summed E-state index contributed by atoms with van der Waals surface area (Å²) in [5, 5.41) is 3.64. The van der Waals surface area contributed by atoms with Crippen molar-refractivity contribution in [2.45, 2.75) is 66.6 Å². The van der Waals surface area contributed by atoms with Crippen LogP contribution in [0.5, 0.6) is 5.75 Å². The highest BCUT2D eigenvalue weighted by Crippen LogP contribution is 2.26. The molecule has 0 aliphatic heterocycles. The number of nitrogens with zero attached hydrogens (tertiary/aromatic N) is 1. The molecule has 31 heavy (non-hydrogen) atoms. The molecule has 0 saturated carbocycles. The fourth-order valence-corrected chi connectivity index (χ4v) is 3.27. The maximum Gasteiger partial charge on any atom is 0.261 e. The summed E-state index contributed by atoms with van der Waals surface area (Å²) in [6, 6.07) is 10.9. The zero-order valence-electron chi connectivity index (χ0n) is 19.5. The largest absolute Gasteiger partial charge is 0.484 e. The average Bonchev–Trinajstić information content (AvgIpc) is 2.67. The van der Waals surface area contributed by atoms with Crippen LogP contribution in [0.4, 0.5) is 0 Å². The van der Waals surface area contributed by atoms with Crippen molar-refractivity contribution >= 4 is 23.4 Å². The number of nitrogens with one attached hydrogen (secondary N) is 1. The Morgan fingerprint density at radius 2 is 1.61 bits per heavy atom. The van der Waals surface area contributed by atoms with Gasteiger partial charge in [0.2, 0.25) is 5.91 Å². The SMILES string of the molecule is Cc1ccc(CN(C(=O)COc2cc(C)c(Cl)c(C)c2)C(C)C(=O)NC(C)(C)C)cc1. The maximum atomic E-state index is 13.1. The second-order valence-electron chi connectivity index (χ2n) is 9.08. The Hall–Kier alpha value is -2.53. The lowest BCUT2D eigenvalue weighted by Gasteiger charge is -2.31. The number of ether oxygens (including phenoxy) is 1. The van der Waals surface area contributed by atoms with E-state index in [9.17, 15) is 9.59 Å². The van der Waals surface area contributed by atoms with Crippen molar-refractivity contribution < 1.29 is 14.3 Å². The molecule has 1 atom stereocenters. The van der Waals surface area contributed by atoms with Gasteiger partial charge in [0.05, 0.1) is 0 Å². The topological polar surface area (TPSA) is 58.6 Å². The molecule has 2 aromatic carbocycles. The van der Waals surface area contributed by atoms with E-state index in [0.717, 1.165) is 22.3 Å². The van der Waals surface area contributed by atoms with Gasteiger partial charge in [-0.05, 0) is 77.3 Å². The number of aryl methyl sites for hydroxylation is 3. The summed E-state index contributed by atoms with van der Waals surface area (Å²) in [4.78, 5) is 27.5. The molecule has 2 aromatic rings. The minimum absolute atomic E-state index is 0.167. The number of carbonyl (C=O) groups excluding carboxylic acids is 2. The molecule has 6 heteroatoms. The number of benzene rings is 2. The van der Waals surface area contributed by atoms with Gasteiger partial charge in [-0.1, -0.05) is 41.4 Å². The van der Waals surface area contributed by atoms with Gasteiger partial charge in [0.1, 0.15) is 11.8 Å². The molecular weight excluding hydrogens is 412 g/mol. The molecule has 0 aliphatic rings. The lowest BCUT2D eigenvalue weighted by molar-refractivity contribution is -0.142. The van der Waals surface area contributed by atoms with E-state index in [2.05, 4.69) is 5.32 Å². The fraction of sp³-hybridized carbons (Fsp3) is 0.440. The van der Waals surface area contributed by atoms with E-state index < -0.39 is 11.6 Å². The Bertz CT molecular complexity index is 910. The van der Waals surface area contributed by atoms with Crippen molar-refractivity contribution in [2.24, 2.45) is 0 Å². The van der Waals surface area contributed by atoms with Gasteiger partial charge < -0.3 is 15.0 Å². The third-order valence-electron chi connectivity index (χ3n) is 4.91. The van der Waals surface area contributed by atoms with Gasteiger partial charge >= 0.3 is 0 Å². The van der Waals surface area contributed by atoms with Gasteiger partial charge in [-0.3, -0.25) is 9.59 Å². The molecule has 2 rings (SSSR count). The van der Waals surface area contributed by atoms with Crippen molar-refractivity contribution in [3.63, 3.8) is 0 Å². The van der Waals surface area contributed by atoms with Crippen molar-refractivity contribution in [2.75, 3.05) is 6.61 Å². The predicted molar refractivity (Wildman–Crippen MR) is 126 cm³/mol. The molecule has 1 unspecified atom stereocenters. The summed E-state index contributed by atoms with van der Waals surface area (Å²) in [6.07, 6.45) is 0.